The molecule has 5 rings (SSSR count). The molecule has 0 radical (unpaired) electrons. The monoisotopic (exact) mass is 495 g/mol. The van der Waals surface area contributed by atoms with Crippen LogP contribution in [0.25, 0.3) is 28.0 Å². The van der Waals surface area contributed by atoms with Crippen molar-refractivity contribution in [2.45, 2.75) is 39.3 Å². The lowest BCUT2D eigenvalue weighted by Gasteiger charge is -2.41. The van der Waals surface area contributed by atoms with E-state index >= 15 is 0 Å². The number of hydrogen-bond acceptors (Lipinski definition) is 7. The van der Waals surface area contributed by atoms with Crippen LogP contribution < -0.4 is 4.90 Å². The number of hydrogen-bond donors (Lipinski definition) is 0. The molecule has 1 fully saturated rings. The molecule has 37 heavy (non-hydrogen) atoms. The number of pyridine rings is 1. The number of anilines is 1. The minimum Gasteiger partial charge on any atom is -0.444 e. The summed E-state index contributed by atoms with van der Waals surface area (Å²) in [5.74, 6) is 1.41. The highest BCUT2D eigenvalue weighted by atomic mass is 16.6. The van der Waals surface area contributed by atoms with Crippen molar-refractivity contribution in [3.63, 3.8) is 0 Å². The highest BCUT2D eigenvalue weighted by Gasteiger charge is 2.32. The number of nitrogens with zero attached hydrogens (tertiary/aromatic N) is 7. The van der Waals surface area contributed by atoms with Gasteiger partial charge in [-0.1, -0.05) is 30.3 Å². The van der Waals surface area contributed by atoms with Crippen LogP contribution in [0.15, 0.2) is 61.2 Å². The molecule has 1 aromatic carbocycles. The molecule has 0 aliphatic carbocycles. The largest absolute Gasteiger partial charge is 0.444 e. The molecular formula is C28H29N7O2. The second-order valence-electron chi connectivity index (χ2n) is 10.2. The lowest BCUT2D eigenvalue weighted by atomic mass is 10.1. The molecule has 0 unspecified atom stereocenters. The van der Waals surface area contributed by atoms with Crippen molar-refractivity contribution < 1.29 is 9.53 Å². The van der Waals surface area contributed by atoms with Crippen molar-refractivity contribution in [2.75, 3.05) is 24.5 Å². The summed E-state index contributed by atoms with van der Waals surface area (Å²) in [6.07, 6.45) is 4.89. The molecule has 0 saturated carbocycles. The van der Waals surface area contributed by atoms with E-state index in [-0.39, 0.29) is 12.1 Å². The topological polar surface area (TPSA) is 100 Å². The van der Waals surface area contributed by atoms with Gasteiger partial charge in [0, 0.05) is 43.6 Å². The first-order valence-corrected chi connectivity index (χ1v) is 12.3. The van der Waals surface area contributed by atoms with Gasteiger partial charge in [0.1, 0.15) is 23.6 Å². The maximum Gasteiger partial charge on any atom is 0.410 e. The van der Waals surface area contributed by atoms with Gasteiger partial charge in [-0.2, -0.15) is 5.26 Å². The van der Waals surface area contributed by atoms with Crippen molar-refractivity contribution in [1.29, 1.82) is 5.26 Å². The van der Waals surface area contributed by atoms with Crippen LogP contribution in [0.1, 0.15) is 33.3 Å². The van der Waals surface area contributed by atoms with Gasteiger partial charge in [0.15, 0.2) is 5.65 Å². The van der Waals surface area contributed by atoms with Crippen LogP contribution in [0.2, 0.25) is 0 Å². The van der Waals surface area contributed by atoms with Crippen molar-refractivity contribution >= 4 is 22.9 Å². The number of amides is 1. The summed E-state index contributed by atoms with van der Waals surface area (Å²) in [5, 5.41) is 10.3. The minimum atomic E-state index is -0.541. The van der Waals surface area contributed by atoms with Crippen LogP contribution in [0.4, 0.5) is 10.6 Å². The van der Waals surface area contributed by atoms with E-state index in [1.807, 2.05) is 49.7 Å². The van der Waals surface area contributed by atoms with Crippen molar-refractivity contribution in [3.8, 4) is 23.0 Å². The van der Waals surface area contributed by atoms with Crippen molar-refractivity contribution in [2.24, 2.45) is 0 Å². The van der Waals surface area contributed by atoms with Crippen LogP contribution in [0.3, 0.4) is 0 Å². The van der Waals surface area contributed by atoms with Crippen LogP contribution in [0, 0.1) is 11.3 Å². The number of piperazine rings is 1. The summed E-state index contributed by atoms with van der Waals surface area (Å²) in [5.41, 5.74) is 2.68. The third-order valence-electron chi connectivity index (χ3n) is 6.32. The molecular weight excluding hydrogens is 466 g/mol. The van der Waals surface area contributed by atoms with Crippen LogP contribution in [-0.2, 0) is 4.74 Å². The van der Waals surface area contributed by atoms with E-state index in [9.17, 15) is 10.1 Å². The third kappa shape index (κ3) is 4.83. The number of carbonyl (C=O) groups excluding carboxylic acids is 1. The maximum absolute atomic E-state index is 12.7. The minimum absolute atomic E-state index is 0.00591. The van der Waals surface area contributed by atoms with Gasteiger partial charge < -0.3 is 14.5 Å². The summed E-state index contributed by atoms with van der Waals surface area (Å²) in [7, 11) is 0. The molecule has 1 saturated heterocycles. The average molecular weight is 496 g/mol. The Balaban J connectivity index is 1.59. The Bertz CT molecular complexity index is 1480. The molecule has 4 heterocycles. The molecule has 3 aromatic heterocycles. The average Bonchev–Trinajstić information content (AvgIpc) is 3.28. The van der Waals surface area contributed by atoms with Crippen molar-refractivity contribution in [1.82, 2.24) is 24.4 Å². The molecule has 1 amide bonds. The Hall–Kier alpha value is -4.45. The number of nitriles is 1. The van der Waals surface area contributed by atoms with Crippen LogP contribution in [0.5, 0.6) is 0 Å². The van der Waals surface area contributed by atoms with E-state index in [0.29, 0.717) is 36.7 Å². The molecule has 1 aliphatic rings. The molecule has 0 N–H and O–H groups in total. The Morgan fingerprint density at radius 2 is 1.89 bits per heavy atom. The Labute approximate surface area is 216 Å². The SMILES string of the molecule is C[C@H]1CN(C(=O)OC(C)(C)C)CCN1c1ncnc2c1c(-c1ccccc1)cn2-c1cc(C#N)ccn1. The molecule has 1 atom stereocenters. The zero-order valence-corrected chi connectivity index (χ0v) is 21.4. The number of fused-ring (bicyclic) bond motifs is 1. The normalized spacial score (nSPS) is 16.0. The zero-order chi connectivity index (χ0) is 26.2. The first-order chi connectivity index (χ1) is 17.7. The van der Waals surface area contributed by atoms with Gasteiger partial charge in [-0.25, -0.2) is 19.7 Å². The van der Waals surface area contributed by atoms with E-state index in [1.54, 1.807) is 29.6 Å². The number of rotatable bonds is 3. The van der Waals surface area contributed by atoms with Gasteiger partial charge in [0.05, 0.1) is 17.0 Å². The summed E-state index contributed by atoms with van der Waals surface area (Å²) in [6.45, 7) is 9.36. The second kappa shape index (κ2) is 9.54. The summed E-state index contributed by atoms with van der Waals surface area (Å²) < 4.78 is 7.50. The predicted octanol–water partition coefficient (Wildman–Crippen LogP) is 4.80. The Morgan fingerprint density at radius 1 is 1.11 bits per heavy atom. The highest BCUT2D eigenvalue weighted by molar-refractivity contribution is 6.02. The fourth-order valence-electron chi connectivity index (χ4n) is 4.66. The number of benzene rings is 1. The lowest BCUT2D eigenvalue weighted by Crippen LogP contribution is -2.54. The molecule has 188 valence electrons. The quantitative estimate of drug-likeness (QED) is 0.402. The first kappa shape index (κ1) is 24.3. The standard InChI is InChI=1S/C28H29N7O2/c1-19-16-33(27(36)37-28(2,3)4)12-13-34(19)25-24-22(21-8-6-5-7-9-21)17-35(26(24)32-18-31-25)23-14-20(15-29)10-11-30-23/h5-11,14,17-19H,12-13,16H2,1-4H3/t19-/m0/s1. The fraction of sp³-hybridized carbons (Fsp3) is 0.321. The predicted molar refractivity (Wildman–Crippen MR) is 141 cm³/mol. The first-order valence-electron chi connectivity index (χ1n) is 12.3. The smallest absolute Gasteiger partial charge is 0.410 e. The van der Waals surface area contributed by atoms with Gasteiger partial charge in [0.25, 0.3) is 0 Å². The van der Waals surface area contributed by atoms with E-state index in [2.05, 4.69) is 40.0 Å². The lowest BCUT2D eigenvalue weighted by molar-refractivity contribution is 0.0218. The summed E-state index contributed by atoms with van der Waals surface area (Å²) in [4.78, 5) is 30.6. The summed E-state index contributed by atoms with van der Waals surface area (Å²) in [6, 6.07) is 15.7. The van der Waals surface area contributed by atoms with E-state index in [4.69, 9.17) is 9.72 Å². The van der Waals surface area contributed by atoms with Crippen molar-refractivity contribution in [3.05, 3.63) is 66.7 Å². The van der Waals surface area contributed by atoms with Gasteiger partial charge in [-0.05, 0) is 45.4 Å². The van der Waals surface area contributed by atoms with Crippen LogP contribution in [-0.4, -0.2) is 61.8 Å². The van der Waals surface area contributed by atoms with Crippen LogP contribution >= 0.6 is 0 Å². The van der Waals surface area contributed by atoms with Gasteiger partial charge in [-0.15, -0.1) is 0 Å². The highest BCUT2D eigenvalue weighted by Crippen LogP contribution is 2.37. The van der Waals surface area contributed by atoms with Gasteiger partial charge in [0.2, 0.25) is 0 Å². The number of carbonyl (C=O) groups is 1. The number of aromatic nitrogens is 4. The molecule has 9 nitrogen and oxygen atoms in total. The van der Waals surface area contributed by atoms with E-state index in [0.717, 1.165) is 22.3 Å². The Kier molecular flexibility index (Phi) is 6.25. The fourth-order valence-corrected chi connectivity index (χ4v) is 4.66. The van der Waals surface area contributed by atoms with Gasteiger partial charge in [-0.3, -0.25) is 4.57 Å². The Morgan fingerprint density at radius 3 is 2.59 bits per heavy atom. The second-order valence-corrected chi connectivity index (χ2v) is 10.2. The summed E-state index contributed by atoms with van der Waals surface area (Å²) >= 11 is 0. The van der Waals surface area contributed by atoms with E-state index < -0.39 is 5.60 Å². The zero-order valence-electron chi connectivity index (χ0n) is 21.4. The molecule has 4 aromatic rings. The third-order valence-corrected chi connectivity index (χ3v) is 6.32. The maximum atomic E-state index is 12.7. The molecule has 0 spiro atoms. The van der Waals surface area contributed by atoms with E-state index in [1.165, 1.54) is 0 Å². The molecule has 0 bridgehead atoms. The molecule has 1 aliphatic heterocycles. The van der Waals surface area contributed by atoms with Gasteiger partial charge >= 0.3 is 6.09 Å². The molecule has 9 heteroatoms. The number of ether oxygens (including phenoxy) is 1.